The SMILES string of the molecule is COC(=O)CC1C(=O)NCCN1S(=O)(=O)c1ccccc1. The van der Waals surface area contributed by atoms with Gasteiger partial charge < -0.3 is 10.1 Å². The molecule has 1 aromatic carbocycles. The predicted octanol–water partition coefficient (Wildman–Crippen LogP) is -0.261. The molecule has 1 amide bonds. The minimum atomic E-state index is -3.83. The average molecular weight is 312 g/mol. The van der Waals surface area contributed by atoms with E-state index in [0.717, 1.165) is 4.31 Å². The van der Waals surface area contributed by atoms with Crippen molar-refractivity contribution in [3.05, 3.63) is 30.3 Å². The molecule has 1 fully saturated rings. The number of hydrogen-bond donors (Lipinski definition) is 1. The highest BCUT2D eigenvalue weighted by Gasteiger charge is 2.39. The molecule has 7 nitrogen and oxygen atoms in total. The number of carbonyl (C=O) groups is 2. The van der Waals surface area contributed by atoms with Crippen molar-refractivity contribution in [2.45, 2.75) is 17.4 Å². The Kier molecular flexibility index (Phi) is 4.59. The van der Waals surface area contributed by atoms with Crippen molar-refractivity contribution in [1.29, 1.82) is 0 Å². The molecule has 0 spiro atoms. The number of nitrogens with one attached hydrogen (secondary N) is 1. The van der Waals surface area contributed by atoms with Gasteiger partial charge >= 0.3 is 5.97 Å². The molecule has 2 rings (SSSR count). The zero-order chi connectivity index (χ0) is 15.5. The zero-order valence-corrected chi connectivity index (χ0v) is 12.3. The largest absolute Gasteiger partial charge is 0.469 e. The normalized spacial score (nSPS) is 19.9. The fourth-order valence-corrected chi connectivity index (χ4v) is 3.75. The topological polar surface area (TPSA) is 92.8 Å². The summed E-state index contributed by atoms with van der Waals surface area (Å²) in [5.41, 5.74) is 0. The molecule has 1 unspecified atom stereocenters. The van der Waals surface area contributed by atoms with Crippen molar-refractivity contribution < 1.29 is 22.7 Å². The number of nitrogens with zero attached hydrogens (tertiary/aromatic N) is 1. The van der Waals surface area contributed by atoms with Crippen LogP contribution in [0.3, 0.4) is 0 Å². The maximum absolute atomic E-state index is 12.6. The van der Waals surface area contributed by atoms with Gasteiger partial charge in [-0.3, -0.25) is 9.59 Å². The standard InChI is InChI=1S/C13H16N2O5S/c1-20-12(16)9-11-13(17)14-7-8-15(11)21(18,19)10-5-3-2-4-6-10/h2-6,11H,7-9H2,1H3,(H,14,17). The fourth-order valence-electron chi connectivity index (χ4n) is 2.14. The van der Waals surface area contributed by atoms with Gasteiger partial charge in [0.05, 0.1) is 18.4 Å². The maximum atomic E-state index is 12.6. The van der Waals surface area contributed by atoms with Gasteiger partial charge in [0, 0.05) is 13.1 Å². The van der Waals surface area contributed by atoms with E-state index in [-0.39, 0.29) is 24.4 Å². The number of carbonyl (C=O) groups excluding carboxylic acids is 2. The first-order chi connectivity index (χ1) is 9.96. The molecule has 0 aromatic heterocycles. The number of amides is 1. The van der Waals surface area contributed by atoms with E-state index in [0.29, 0.717) is 0 Å². The van der Waals surface area contributed by atoms with Gasteiger partial charge in [0.25, 0.3) is 0 Å². The lowest BCUT2D eigenvalue weighted by molar-refractivity contribution is -0.144. The second-order valence-electron chi connectivity index (χ2n) is 4.52. The molecule has 1 atom stereocenters. The molecule has 1 saturated heterocycles. The molecule has 1 heterocycles. The summed E-state index contributed by atoms with van der Waals surface area (Å²) in [7, 11) is -2.64. The number of methoxy groups -OCH3 is 1. The monoisotopic (exact) mass is 312 g/mol. The maximum Gasteiger partial charge on any atom is 0.307 e. The van der Waals surface area contributed by atoms with Gasteiger partial charge in [-0.05, 0) is 12.1 Å². The van der Waals surface area contributed by atoms with Crippen LogP contribution in [-0.4, -0.2) is 50.8 Å². The lowest BCUT2D eigenvalue weighted by Gasteiger charge is -2.33. The summed E-state index contributed by atoms with van der Waals surface area (Å²) in [6.07, 6.45) is -0.311. The van der Waals surface area contributed by atoms with Crippen LogP contribution in [0.5, 0.6) is 0 Å². The van der Waals surface area contributed by atoms with Crippen LogP contribution in [0.15, 0.2) is 35.2 Å². The highest BCUT2D eigenvalue weighted by atomic mass is 32.2. The van der Waals surface area contributed by atoms with Crippen LogP contribution in [0.4, 0.5) is 0 Å². The number of sulfonamides is 1. The van der Waals surface area contributed by atoms with Gasteiger partial charge in [-0.2, -0.15) is 4.31 Å². The van der Waals surface area contributed by atoms with E-state index in [1.807, 2.05) is 0 Å². The first kappa shape index (κ1) is 15.5. The third-order valence-corrected chi connectivity index (χ3v) is 5.14. The lowest BCUT2D eigenvalue weighted by atomic mass is 10.1. The predicted molar refractivity (Wildman–Crippen MR) is 73.8 cm³/mol. The van der Waals surface area contributed by atoms with Crippen LogP contribution in [0.2, 0.25) is 0 Å². The van der Waals surface area contributed by atoms with Crippen LogP contribution in [-0.2, 0) is 24.3 Å². The summed E-state index contributed by atoms with van der Waals surface area (Å²) in [6, 6.07) is 6.73. The summed E-state index contributed by atoms with van der Waals surface area (Å²) in [5, 5.41) is 2.56. The summed E-state index contributed by atoms with van der Waals surface area (Å²) >= 11 is 0. The minimum Gasteiger partial charge on any atom is -0.469 e. The van der Waals surface area contributed by atoms with E-state index in [1.54, 1.807) is 18.2 Å². The number of esters is 1. The highest BCUT2D eigenvalue weighted by molar-refractivity contribution is 7.89. The Morgan fingerprint density at radius 2 is 2.05 bits per heavy atom. The second kappa shape index (κ2) is 6.23. The number of ether oxygens (including phenoxy) is 1. The molecule has 8 heteroatoms. The molecule has 1 aliphatic rings. The van der Waals surface area contributed by atoms with Crippen LogP contribution < -0.4 is 5.32 Å². The lowest BCUT2D eigenvalue weighted by Crippen LogP contribution is -2.57. The average Bonchev–Trinajstić information content (AvgIpc) is 2.49. The van der Waals surface area contributed by atoms with E-state index in [2.05, 4.69) is 10.1 Å². The first-order valence-corrected chi connectivity index (χ1v) is 7.82. The van der Waals surface area contributed by atoms with E-state index >= 15 is 0 Å². The zero-order valence-electron chi connectivity index (χ0n) is 11.5. The van der Waals surface area contributed by atoms with E-state index in [4.69, 9.17) is 0 Å². The number of rotatable bonds is 4. The summed E-state index contributed by atoms with van der Waals surface area (Å²) in [4.78, 5) is 23.4. The van der Waals surface area contributed by atoms with Crippen molar-refractivity contribution in [3.8, 4) is 0 Å². The summed E-state index contributed by atoms with van der Waals surface area (Å²) in [6.45, 7) is 0.327. The molecule has 114 valence electrons. The van der Waals surface area contributed by atoms with Crippen molar-refractivity contribution in [3.63, 3.8) is 0 Å². The molecule has 0 aliphatic carbocycles. The molecular formula is C13H16N2O5S. The number of benzene rings is 1. The Hall–Kier alpha value is -1.93. The Balaban J connectivity index is 2.34. The van der Waals surface area contributed by atoms with Crippen molar-refractivity contribution in [1.82, 2.24) is 9.62 Å². The number of hydrogen-bond acceptors (Lipinski definition) is 5. The quantitative estimate of drug-likeness (QED) is 0.773. The smallest absolute Gasteiger partial charge is 0.307 e. The fraction of sp³-hybridized carbons (Fsp3) is 0.385. The van der Waals surface area contributed by atoms with Gasteiger partial charge in [-0.15, -0.1) is 0 Å². The molecule has 0 bridgehead atoms. The minimum absolute atomic E-state index is 0.0922. The van der Waals surface area contributed by atoms with Gasteiger partial charge in [0.15, 0.2) is 0 Å². The van der Waals surface area contributed by atoms with E-state index in [1.165, 1.54) is 19.2 Å². The summed E-state index contributed by atoms with van der Waals surface area (Å²) < 4.78 is 30.8. The van der Waals surface area contributed by atoms with E-state index < -0.39 is 27.9 Å². The molecule has 21 heavy (non-hydrogen) atoms. The third kappa shape index (κ3) is 3.22. The molecular weight excluding hydrogens is 296 g/mol. The van der Waals surface area contributed by atoms with E-state index in [9.17, 15) is 18.0 Å². The third-order valence-electron chi connectivity index (χ3n) is 3.22. The van der Waals surface area contributed by atoms with Crippen LogP contribution in [0.1, 0.15) is 6.42 Å². The highest BCUT2D eigenvalue weighted by Crippen LogP contribution is 2.21. The Morgan fingerprint density at radius 1 is 1.38 bits per heavy atom. The molecule has 0 radical (unpaired) electrons. The van der Waals surface area contributed by atoms with Crippen molar-refractivity contribution in [2.75, 3.05) is 20.2 Å². The van der Waals surface area contributed by atoms with Gasteiger partial charge in [-0.25, -0.2) is 8.42 Å². The van der Waals surface area contributed by atoms with Crippen LogP contribution in [0, 0.1) is 0 Å². The molecule has 1 aromatic rings. The molecule has 1 aliphatic heterocycles. The van der Waals surface area contributed by atoms with Gasteiger partial charge in [-0.1, -0.05) is 18.2 Å². The molecule has 1 N–H and O–H groups in total. The van der Waals surface area contributed by atoms with Gasteiger partial charge in [0.1, 0.15) is 6.04 Å². The van der Waals surface area contributed by atoms with Crippen molar-refractivity contribution >= 4 is 21.9 Å². The Morgan fingerprint density at radius 3 is 2.67 bits per heavy atom. The van der Waals surface area contributed by atoms with Gasteiger partial charge in [0.2, 0.25) is 15.9 Å². The first-order valence-electron chi connectivity index (χ1n) is 6.38. The summed E-state index contributed by atoms with van der Waals surface area (Å²) in [5.74, 6) is -1.13. The Labute approximate surface area is 122 Å². The molecule has 0 saturated carbocycles. The van der Waals surface area contributed by atoms with Crippen LogP contribution in [0.25, 0.3) is 0 Å². The second-order valence-corrected chi connectivity index (χ2v) is 6.41. The number of piperazine rings is 1. The van der Waals surface area contributed by atoms with Crippen molar-refractivity contribution in [2.24, 2.45) is 0 Å². The van der Waals surface area contributed by atoms with Crippen LogP contribution >= 0.6 is 0 Å². The Bertz CT molecular complexity index is 629.